The van der Waals surface area contributed by atoms with Crippen molar-refractivity contribution in [2.45, 2.75) is 13.5 Å². The fraction of sp³-hybridized carbons (Fsp3) is 0.286. The molecule has 0 bridgehead atoms. The third kappa shape index (κ3) is 2.21. The first-order valence-electron chi connectivity index (χ1n) is 6.50. The molecule has 21 heavy (non-hydrogen) atoms. The first-order chi connectivity index (χ1) is 10.1. The quantitative estimate of drug-likeness (QED) is 0.712. The third-order valence-corrected chi connectivity index (χ3v) is 3.36. The van der Waals surface area contributed by atoms with E-state index in [1.165, 1.54) is 7.11 Å². The first-order valence-corrected chi connectivity index (χ1v) is 6.50. The summed E-state index contributed by atoms with van der Waals surface area (Å²) < 4.78 is 5.98. The van der Waals surface area contributed by atoms with Gasteiger partial charge in [0.15, 0.2) is 5.52 Å². The van der Waals surface area contributed by atoms with Crippen LogP contribution in [0.5, 0.6) is 0 Å². The molecule has 2 aromatic heterocycles. The maximum Gasteiger partial charge on any atom is 0.329 e. The number of aryl methyl sites for hydroxylation is 1. The summed E-state index contributed by atoms with van der Waals surface area (Å²) in [6.45, 7) is 2.38. The maximum atomic E-state index is 12.4. The highest BCUT2D eigenvalue weighted by Gasteiger charge is 2.12. The van der Waals surface area contributed by atoms with Crippen LogP contribution in [0.4, 0.5) is 0 Å². The molecule has 7 nitrogen and oxygen atoms in total. The number of methoxy groups -OCH3 is 1. The minimum atomic E-state index is -0.472. The van der Waals surface area contributed by atoms with E-state index in [9.17, 15) is 9.59 Å². The predicted octanol–water partition coefficient (Wildman–Crippen LogP) is 0.588. The lowest BCUT2D eigenvalue weighted by atomic mass is 10.1. The van der Waals surface area contributed by atoms with Gasteiger partial charge in [0.2, 0.25) is 0 Å². The van der Waals surface area contributed by atoms with Crippen LogP contribution in [0, 0.1) is 6.92 Å². The lowest BCUT2D eigenvalue weighted by Crippen LogP contribution is -2.36. The van der Waals surface area contributed by atoms with Gasteiger partial charge in [-0.1, -0.05) is 11.6 Å². The SMILES string of the molecule is COCCn1c(=O)[nH]c2c(nnc3ccc(C)cc32)c1=O. The van der Waals surface area contributed by atoms with E-state index in [-0.39, 0.29) is 18.7 Å². The number of aromatic nitrogens is 4. The standard InChI is InChI=1S/C14H14N4O3/c1-8-3-4-10-9(7-8)11-12(17-16-10)13(19)18(5-6-21-2)14(20)15-11/h3-4,7H,5-6H2,1-2H3,(H,15,20). The zero-order chi connectivity index (χ0) is 15.0. The molecule has 2 heterocycles. The highest BCUT2D eigenvalue weighted by Crippen LogP contribution is 2.18. The lowest BCUT2D eigenvalue weighted by Gasteiger charge is -2.07. The number of fused-ring (bicyclic) bond motifs is 3. The van der Waals surface area contributed by atoms with E-state index in [2.05, 4.69) is 15.2 Å². The van der Waals surface area contributed by atoms with Gasteiger partial charge in [0.1, 0.15) is 0 Å². The minimum Gasteiger partial charge on any atom is -0.383 e. The van der Waals surface area contributed by atoms with E-state index >= 15 is 0 Å². The van der Waals surface area contributed by atoms with Crippen molar-refractivity contribution < 1.29 is 4.74 Å². The largest absolute Gasteiger partial charge is 0.383 e. The number of ether oxygens (including phenoxy) is 1. The number of aromatic amines is 1. The summed E-state index contributed by atoms with van der Waals surface area (Å²) >= 11 is 0. The average Bonchev–Trinajstić information content (AvgIpc) is 2.47. The summed E-state index contributed by atoms with van der Waals surface area (Å²) in [4.78, 5) is 27.2. The summed E-state index contributed by atoms with van der Waals surface area (Å²) in [6.07, 6.45) is 0. The van der Waals surface area contributed by atoms with Gasteiger partial charge in [-0.25, -0.2) is 4.79 Å². The fourth-order valence-corrected chi connectivity index (χ4v) is 2.28. The molecule has 0 atom stereocenters. The second-order valence-electron chi connectivity index (χ2n) is 4.82. The Kier molecular flexibility index (Phi) is 3.26. The van der Waals surface area contributed by atoms with Crippen LogP contribution in [0.2, 0.25) is 0 Å². The van der Waals surface area contributed by atoms with Crippen LogP contribution in [0.15, 0.2) is 27.8 Å². The topological polar surface area (TPSA) is 89.9 Å². The Labute approximate surface area is 119 Å². The van der Waals surface area contributed by atoms with Crippen molar-refractivity contribution in [3.63, 3.8) is 0 Å². The molecule has 1 aromatic carbocycles. The molecule has 0 aliphatic heterocycles. The molecule has 0 aliphatic carbocycles. The van der Waals surface area contributed by atoms with Crippen LogP contribution < -0.4 is 11.2 Å². The molecule has 0 fully saturated rings. The van der Waals surface area contributed by atoms with Gasteiger partial charge in [-0.15, -0.1) is 10.2 Å². The normalized spacial score (nSPS) is 11.3. The number of nitrogens with one attached hydrogen (secondary N) is 1. The molecular weight excluding hydrogens is 272 g/mol. The summed E-state index contributed by atoms with van der Waals surface area (Å²) in [6, 6.07) is 5.59. The van der Waals surface area contributed by atoms with Crippen LogP contribution in [-0.4, -0.2) is 33.5 Å². The first kappa shape index (κ1) is 13.4. The van der Waals surface area contributed by atoms with Gasteiger partial charge in [0.05, 0.1) is 24.2 Å². The lowest BCUT2D eigenvalue weighted by molar-refractivity contribution is 0.185. The Morgan fingerprint density at radius 3 is 2.86 bits per heavy atom. The fourth-order valence-electron chi connectivity index (χ4n) is 2.28. The average molecular weight is 286 g/mol. The Balaban J connectivity index is 2.38. The van der Waals surface area contributed by atoms with Gasteiger partial charge >= 0.3 is 5.69 Å². The van der Waals surface area contributed by atoms with Crippen molar-refractivity contribution in [1.82, 2.24) is 19.7 Å². The minimum absolute atomic E-state index is 0.156. The number of hydrogen-bond acceptors (Lipinski definition) is 5. The van der Waals surface area contributed by atoms with Crippen molar-refractivity contribution in [2.24, 2.45) is 0 Å². The molecule has 0 radical (unpaired) electrons. The van der Waals surface area contributed by atoms with Crippen LogP contribution >= 0.6 is 0 Å². The van der Waals surface area contributed by atoms with Crippen LogP contribution in [-0.2, 0) is 11.3 Å². The Morgan fingerprint density at radius 2 is 2.10 bits per heavy atom. The molecule has 0 spiro atoms. The Hall–Kier alpha value is -2.54. The summed E-state index contributed by atoms with van der Waals surface area (Å²) in [5.74, 6) is 0. The second kappa shape index (κ2) is 5.10. The molecule has 3 aromatic rings. The van der Waals surface area contributed by atoms with Crippen LogP contribution in [0.3, 0.4) is 0 Å². The molecular formula is C14H14N4O3. The zero-order valence-corrected chi connectivity index (χ0v) is 11.7. The van der Waals surface area contributed by atoms with E-state index in [1.54, 1.807) is 0 Å². The molecule has 0 saturated carbocycles. The molecule has 1 N–H and O–H groups in total. The number of nitrogens with zero attached hydrogens (tertiary/aromatic N) is 3. The Morgan fingerprint density at radius 1 is 1.29 bits per heavy atom. The van der Waals surface area contributed by atoms with E-state index in [1.807, 2.05) is 25.1 Å². The van der Waals surface area contributed by atoms with Crippen LogP contribution in [0.1, 0.15) is 5.56 Å². The monoisotopic (exact) mass is 286 g/mol. The molecule has 3 rings (SSSR count). The Bertz CT molecular complexity index is 942. The molecule has 108 valence electrons. The smallest absolute Gasteiger partial charge is 0.329 e. The van der Waals surface area contributed by atoms with E-state index in [0.29, 0.717) is 16.4 Å². The molecule has 0 saturated heterocycles. The van der Waals surface area contributed by atoms with Crippen molar-refractivity contribution in [1.29, 1.82) is 0 Å². The highest BCUT2D eigenvalue weighted by atomic mass is 16.5. The molecule has 0 aliphatic rings. The second-order valence-corrected chi connectivity index (χ2v) is 4.82. The number of H-pyrrole nitrogens is 1. The van der Waals surface area contributed by atoms with Crippen molar-refractivity contribution in [3.05, 3.63) is 44.6 Å². The highest BCUT2D eigenvalue weighted by molar-refractivity contribution is 6.00. The van der Waals surface area contributed by atoms with Gasteiger partial charge in [0, 0.05) is 12.5 Å². The van der Waals surface area contributed by atoms with Crippen molar-refractivity contribution in [2.75, 3.05) is 13.7 Å². The third-order valence-electron chi connectivity index (χ3n) is 3.36. The van der Waals surface area contributed by atoms with Crippen molar-refractivity contribution >= 4 is 21.9 Å². The number of benzene rings is 1. The summed E-state index contributed by atoms with van der Waals surface area (Å²) in [5.41, 5.74) is 1.30. The van der Waals surface area contributed by atoms with Gasteiger partial charge in [-0.3, -0.25) is 9.36 Å². The van der Waals surface area contributed by atoms with Gasteiger partial charge in [-0.05, 0) is 19.1 Å². The van der Waals surface area contributed by atoms with Gasteiger partial charge in [-0.2, -0.15) is 0 Å². The molecule has 0 unspecified atom stereocenters. The summed E-state index contributed by atoms with van der Waals surface area (Å²) in [5, 5.41) is 8.72. The van der Waals surface area contributed by atoms with Gasteiger partial charge in [0.25, 0.3) is 5.56 Å². The summed E-state index contributed by atoms with van der Waals surface area (Å²) in [7, 11) is 1.51. The zero-order valence-electron chi connectivity index (χ0n) is 11.7. The molecule has 0 amide bonds. The van der Waals surface area contributed by atoms with Crippen molar-refractivity contribution in [3.8, 4) is 0 Å². The van der Waals surface area contributed by atoms with E-state index in [0.717, 1.165) is 10.1 Å². The maximum absolute atomic E-state index is 12.4. The number of hydrogen-bond donors (Lipinski definition) is 1. The van der Waals surface area contributed by atoms with E-state index in [4.69, 9.17) is 4.74 Å². The molecule has 7 heteroatoms. The predicted molar refractivity (Wildman–Crippen MR) is 78.5 cm³/mol. The van der Waals surface area contributed by atoms with Crippen LogP contribution in [0.25, 0.3) is 21.9 Å². The van der Waals surface area contributed by atoms with E-state index < -0.39 is 11.2 Å². The van der Waals surface area contributed by atoms with Gasteiger partial charge < -0.3 is 9.72 Å². The number of rotatable bonds is 3.